The number of carboxylic acid groups (broad SMARTS) is 1. The number of aliphatic carboxylic acids is 1. The van der Waals surface area contributed by atoms with Crippen molar-refractivity contribution in [3.8, 4) is 0 Å². The van der Waals surface area contributed by atoms with Crippen LogP contribution < -0.4 is 10.6 Å². The lowest BCUT2D eigenvalue weighted by molar-refractivity contribution is -0.147. The lowest BCUT2D eigenvalue weighted by Crippen LogP contribution is -2.47. The zero-order valence-corrected chi connectivity index (χ0v) is 35.0. The summed E-state index contributed by atoms with van der Waals surface area (Å²) in [5.41, 5.74) is 0. The maximum Gasteiger partial charge on any atom is 0.328 e. The van der Waals surface area contributed by atoms with E-state index in [2.05, 4.69) is 128 Å². The fourth-order valence-corrected chi connectivity index (χ4v) is 5.22. The van der Waals surface area contributed by atoms with E-state index in [0.717, 1.165) is 89.9 Å². The third-order valence-corrected chi connectivity index (χ3v) is 8.49. The molecular formula is C48H74N2O7. The van der Waals surface area contributed by atoms with Gasteiger partial charge in [0.25, 0.3) is 0 Å². The first kappa shape index (κ1) is 52.5. The highest BCUT2D eigenvalue weighted by molar-refractivity contribution is 5.87. The number of carboxylic acids is 1. The molecule has 2 atom stereocenters. The number of aliphatic hydroxyl groups excluding tert-OH is 1. The highest BCUT2D eigenvalue weighted by atomic mass is 16.5. The molecule has 0 spiro atoms. The largest absolute Gasteiger partial charge is 0.480 e. The summed E-state index contributed by atoms with van der Waals surface area (Å²) in [5, 5.41) is 22.5. The van der Waals surface area contributed by atoms with Gasteiger partial charge in [0.05, 0.1) is 13.2 Å². The van der Waals surface area contributed by atoms with Gasteiger partial charge in [-0.15, -0.1) is 0 Å². The summed E-state index contributed by atoms with van der Waals surface area (Å²) in [6.45, 7) is 3.24. The minimum absolute atomic E-state index is 0.192. The van der Waals surface area contributed by atoms with Crippen molar-refractivity contribution in [1.29, 1.82) is 0 Å². The first-order chi connectivity index (χ1) is 27.8. The highest BCUT2D eigenvalue weighted by Crippen LogP contribution is 2.13. The smallest absolute Gasteiger partial charge is 0.328 e. The van der Waals surface area contributed by atoms with Crippen LogP contribution in [0.2, 0.25) is 0 Å². The van der Waals surface area contributed by atoms with Crippen molar-refractivity contribution < 1.29 is 34.1 Å². The fourth-order valence-electron chi connectivity index (χ4n) is 5.22. The van der Waals surface area contributed by atoms with E-state index in [0.29, 0.717) is 19.3 Å². The molecule has 9 heteroatoms. The highest BCUT2D eigenvalue weighted by Gasteiger charge is 2.18. The summed E-state index contributed by atoms with van der Waals surface area (Å²) in [7, 11) is 0. The van der Waals surface area contributed by atoms with E-state index in [1.807, 2.05) is 6.08 Å². The summed E-state index contributed by atoms with van der Waals surface area (Å²) >= 11 is 0. The molecule has 4 N–H and O–H groups in total. The second-order valence-electron chi connectivity index (χ2n) is 13.7. The molecule has 0 aromatic heterocycles. The van der Waals surface area contributed by atoms with Gasteiger partial charge >= 0.3 is 11.9 Å². The molecule has 0 saturated carbocycles. The van der Waals surface area contributed by atoms with Crippen LogP contribution in [0.5, 0.6) is 0 Å². The first-order valence-corrected chi connectivity index (χ1v) is 21.3. The van der Waals surface area contributed by atoms with Crippen LogP contribution in [0.1, 0.15) is 142 Å². The third kappa shape index (κ3) is 38.2. The van der Waals surface area contributed by atoms with Gasteiger partial charge in [0.15, 0.2) is 0 Å². The number of carbonyl (C=O) groups excluding carboxylic acids is 3. The number of allylic oxidation sites excluding steroid dienone is 17. The number of hydrogen-bond acceptors (Lipinski definition) is 6. The zero-order valence-electron chi connectivity index (χ0n) is 35.0. The quantitative estimate of drug-likeness (QED) is 0.0281. The van der Waals surface area contributed by atoms with Crippen LogP contribution in [0, 0.1) is 0 Å². The van der Waals surface area contributed by atoms with Gasteiger partial charge in [0.2, 0.25) is 11.8 Å². The van der Waals surface area contributed by atoms with Crippen LogP contribution in [-0.4, -0.2) is 59.3 Å². The van der Waals surface area contributed by atoms with E-state index in [1.54, 1.807) is 0 Å². The van der Waals surface area contributed by atoms with E-state index in [-0.39, 0.29) is 30.9 Å². The maximum atomic E-state index is 12.7. The molecule has 318 valence electrons. The monoisotopic (exact) mass is 791 g/mol. The number of ether oxygens (including phenoxy) is 1. The van der Waals surface area contributed by atoms with Gasteiger partial charge in [-0.2, -0.15) is 0 Å². The van der Waals surface area contributed by atoms with Gasteiger partial charge in [-0.1, -0.05) is 143 Å². The van der Waals surface area contributed by atoms with Gasteiger partial charge in [-0.3, -0.25) is 14.4 Å². The zero-order chi connectivity index (χ0) is 41.9. The topological polar surface area (TPSA) is 142 Å². The molecule has 9 nitrogen and oxygen atoms in total. The third-order valence-electron chi connectivity index (χ3n) is 8.49. The molecule has 0 aromatic rings. The number of carbonyl (C=O) groups is 4. The average molecular weight is 791 g/mol. The number of hydrogen-bond donors (Lipinski definition) is 4. The van der Waals surface area contributed by atoms with Crippen LogP contribution >= 0.6 is 0 Å². The van der Waals surface area contributed by atoms with Gasteiger partial charge in [-0.25, -0.2) is 4.79 Å². The van der Waals surface area contributed by atoms with Crippen molar-refractivity contribution in [2.75, 3.05) is 13.2 Å². The minimum atomic E-state index is -1.40. The van der Waals surface area contributed by atoms with Crippen molar-refractivity contribution in [2.45, 2.75) is 154 Å². The Hall–Kier alpha value is -4.50. The molecule has 0 heterocycles. The summed E-state index contributed by atoms with van der Waals surface area (Å²) in [4.78, 5) is 47.4. The summed E-state index contributed by atoms with van der Waals surface area (Å²) in [5.74, 6) is -2.52. The number of aliphatic hydroxyl groups is 1. The van der Waals surface area contributed by atoms with Gasteiger partial charge < -0.3 is 25.6 Å². The Morgan fingerprint density at radius 3 is 1.56 bits per heavy atom. The Balaban J connectivity index is 4.34. The van der Waals surface area contributed by atoms with Crippen LogP contribution in [-0.2, 0) is 23.9 Å². The van der Waals surface area contributed by atoms with E-state index >= 15 is 0 Å². The number of rotatable bonds is 36. The molecule has 0 aliphatic heterocycles. The molecule has 0 rings (SSSR count). The Kier molecular flexibility index (Phi) is 37.9. The Bertz CT molecular complexity index is 1320. The van der Waals surface area contributed by atoms with Gasteiger partial charge in [0, 0.05) is 12.8 Å². The van der Waals surface area contributed by atoms with E-state index in [1.165, 1.54) is 12.8 Å². The van der Waals surface area contributed by atoms with Crippen LogP contribution in [0.3, 0.4) is 0 Å². The molecular weight excluding hydrogens is 717 g/mol. The lowest BCUT2D eigenvalue weighted by atomic mass is 10.1. The molecule has 57 heavy (non-hydrogen) atoms. The molecule has 0 aromatic carbocycles. The standard InChI is InChI=1S/C48H74N2O7/c1-3-5-7-9-11-12-13-14-15-16-17-18-19-20-21-22-23-24-25-26-28-30-36-40-47(54)57-43(37-33-29-27-10-8-6-4-2)38-34-31-32-35-39-45(52)49-41-46(53)50-44(42-51)48(55)56/h5,7,10-12,14-15,17-18,20-21,23-24,26-28,33,37,43-44,51H,3-4,6,8-9,13,16,19,22,25,29-32,34-36,38-42H2,1-2H3,(H,49,52)(H,50,53)(H,55,56)/b7-5-,12-11-,15-14-,18-17-,21-20-,24-23-,27-10-,28-26-,37-33-. The predicted octanol–water partition coefficient (Wildman–Crippen LogP) is 10.4. The van der Waals surface area contributed by atoms with Crippen LogP contribution in [0.15, 0.2) is 109 Å². The molecule has 2 unspecified atom stereocenters. The number of unbranched alkanes of at least 4 members (excludes halogenated alkanes) is 6. The van der Waals surface area contributed by atoms with Gasteiger partial charge in [-0.05, 0) is 96.0 Å². The van der Waals surface area contributed by atoms with Crippen molar-refractivity contribution >= 4 is 23.8 Å². The second-order valence-corrected chi connectivity index (χ2v) is 13.7. The van der Waals surface area contributed by atoms with Crippen molar-refractivity contribution in [3.63, 3.8) is 0 Å². The van der Waals surface area contributed by atoms with Crippen LogP contribution in [0.4, 0.5) is 0 Å². The van der Waals surface area contributed by atoms with Crippen LogP contribution in [0.25, 0.3) is 0 Å². The molecule has 0 saturated heterocycles. The molecule has 0 fully saturated rings. The minimum Gasteiger partial charge on any atom is -0.480 e. The summed E-state index contributed by atoms with van der Waals surface area (Å²) in [6, 6.07) is -1.40. The van der Waals surface area contributed by atoms with Crippen molar-refractivity contribution in [1.82, 2.24) is 10.6 Å². The number of amides is 2. The molecule has 0 aliphatic carbocycles. The number of nitrogens with one attached hydrogen (secondary N) is 2. The fraction of sp³-hybridized carbons (Fsp3) is 0.542. The van der Waals surface area contributed by atoms with E-state index in [9.17, 15) is 19.2 Å². The Morgan fingerprint density at radius 1 is 0.561 bits per heavy atom. The lowest BCUT2D eigenvalue weighted by Gasteiger charge is -2.14. The number of esters is 1. The molecule has 2 amide bonds. The predicted molar refractivity (Wildman–Crippen MR) is 235 cm³/mol. The van der Waals surface area contributed by atoms with E-state index in [4.69, 9.17) is 14.9 Å². The SMILES string of the molecule is CC/C=C\C/C=C\C/C=C\C/C=C\C/C=C\C/C=C\C/C=C\CCCC(=O)OC(/C=C\C/C=C\CCCC)CCCCCCC(=O)NCC(=O)NC(CO)C(=O)O. The Labute approximate surface area is 344 Å². The maximum absolute atomic E-state index is 12.7. The van der Waals surface area contributed by atoms with Crippen molar-refractivity contribution in [3.05, 3.63) is 109 Å². The van der Waals surface area contributed by atoms with Gasteiger partial charge in [0.1, 0.15) is 12.1 Å². The molecule has 0 aliphatic rings. The normalized spacial score (nSPS) is 13.6. The second kappa shape index (κ2) is 41.1. The Morgan fingerprint density at radius 2 is 1.05 bits per heavy atom. The summed E-state index contributed by atoms with van der Waals surface area (Å²) < 4.78 is 5.84. The summed E-state index contributed by atoms with van der Waals surface area (Å²) in [6.07, 6.45) is 55.7. The van der Waals surface area contributed by atoms with Crippen molar-refractivity contribution in [2.24, 2.45) is 0 Å². The first-order valence-electron chi connectivity index (χ1n) is 21.3. The average Bonchev–Trinajstić information content (AvgIpc) is 3.20. The van der Waals surface area contributed by atoms with E-state index < -0.39 is 24.5 Å². The molecule has 0 radical (unpaired) electrons. The molecule has 0 bridgehead atoms.